The lowest BCUT2D eigenvalue weighted by Gasteiger charge is -2.11. The second kappa shape index (κ2) is 9.24. The monoisotopic (exact) mass is 534 g/mol. The molecular weight excluding hydrogens is 512 g/mol. The van der Waals surface area contributed by atoms with E-state index >= 15 is 0 Å². The van der Waals surface area contributed by atoms with Crippen LogP contribution in [-0.2, 0) is 0 Å². The Morgan fingerprint density at radius 3 is 1.74 bits per heavy atom. The van der Waals surface area contributed by atoms with Crippen molar-refractivity contribution in [2.45, 2.75) is 0 Å². The Morgan fingerprint density at radius 2 is 1.00 bits per heavy atom. The van der Waals surface area contributed by atoms with Crippen LogP contribution in [0.5, 0.6) is 0 Å². The normalized spacial score (nSPS) is 11.3. The lowest BCUT2D eigenvalue weighted by Crippen LogP contribution is -1.96. The van der Waals surface area contributed by atoms with Crippen LogP contribution in [0.2, 0.25) is 0 Å². The summed E-state index contributed by atoms with van der Waals surface area (Å²) in [6, 6.07) is 50.2. The molecule has 0 saturated carbocycles. The van der Waals surface area contributed by atoms with Crippen LogP contribution in [0.25, 0.3) is 66.1 Å². The van der Waals surface area contributed by atoms with Crippen LogP contribution in [0.15, 0.2) is 133 Å². The van der Waals surface area contributed by atoms with Crippen LogP contribution in [0.1, 0.15) is 11.1 Å². The molecule has 0 saturated heterocycles. The van der Waals surface area contributed by atoms with Gasteiger partial charge in [-0.25, -0.2) is 0 Å². The molecule has 0 fully saturated rings. The van der Waals surface area contributed by atoms with Gasteiger partial charge < -0.3 is 9.13 Å². The van der Waals surface area contributed by atoms with E-state index in [1.807, 2.05) is 24.3 Å². The Morgan fingerprint density at radius 1 is 0.429 bits per heavy atom. The third-order valence-corrected chi connectivity index (χ3v) is 8.20. The molecule has 8 aromatic rings. The summed E-state index contributed by atoms with van der Waals surface area (Å²) in [5.41, 5.74) is 9.14. The molecule has 0 amide bonds. The van der Waals surface area contributed by atoms with E-state index in [0.29, 0.717) is 16.7 Å². The highest BCUT2D eigenvalue weighted by Crippen LogP contribution is 2.41. The highest BCUT2D eigenvalue weighted by molar-refractivity contribution is 6.17. The average molecular weight is 535 g/mol. The van der Waals surface area contributed by atoms with Crippen LogP contribution in [-0.4, -0.2) is 9.13 Å². The van der Waals surface area contributed by atoms with Gasteiger partial charge in [0.25, 0.3) is 0 Å². The van der Waals surface area contributed by atoms with Gasteiger partial charge in [-0.2, -0.15) is 10.5 Å². The minimum Gasteiger partial charge on any atom is -0.309 e. The molecule has 0 N–H and O–H groups in total. The van der Waals surface area contributed by atoms with Gasteiger partial charge in [0, 0.05) is 38.5 Å². The Labute approximate surface area is 242 Å². The predicted octanol–water partition coefficient (Wildman–Crippen LogP) is 9.29. The number of para-hydroxylation sites is 3. The van der Waals surface area contributed by atoms with E-state index < -0.39 is 0 Å². The van der Waals surface area contributed by atoms with E-state index in [9.17, 15) is 10.5 Å². The largest absolute Gasteiger partial charge is 0.309 e. The van der Waals surface area contributed by atoms with Gasteiger partial charge in [0.05, 0.1) is 45.3 Å². The van der Waals surface area contributed by atoms with E-state index in [-0.39, 0.29) is 0 Å². The topological polar surface area (TPSA) is 57.4 Å². The molecule has 0 aliphatic heterocycles. The molecule has 0 spiro atoms. The summed E-state index contributed by atoms with van der Waals surface area (Å²) < 4.78 is 4.62. The molecule has 42 heavy (non-hydrogen) atoms. The summed E-state index contributed by atoms with van der Waals surface area (Å²) in [5, 5.41) is 24.4. The highest BCUT2D eigenvalue weighted by Gasteiger charge is 2.20. The SMILES string of the molecule is N#Cc1cccc(C#N)c1-c1cccc2c1c1ccccc1n2-c1ccc2c(c1)c1ccccc1n2-c1ccccc1. The van der Waals surface area contributed by atoms with E-state index in [1.165, 1.54) is 10.8 Å². The number of nitrogens with zero attached hydrogens (tertiary/aromatic N) is 4. The molecule has 194 valence electrons. The quantitative estimate of drug-likeness (QED) is 0.227. The zero-order valence-corrected chi connectivity index (χ0v) is 22.5. The van der Waals surface area contributed by atoms with E-state index in [4.69, 9.17) is 0 Å². The first-order valence-corrected chi connectivity index (χ1v) is 13.8. The fourth-order valence-corrected chi connectivity index (χ4v) is 6.49. The molecule has 6 aromatic carbocycles. The summed E-state index contributed by atoms with van der Waals surface area (Å²) in [6.45, 7) is 0. The van der Waals surface area contributed by atoms with E-state index in [0.717, 1.165) is 49.8 Å². The maximum Gasteiger partial charge on any atom is 0.0998 e. The molecule has 4 nitrogen and oxygen atoms in total. The van der Waals surface area contributed by atoms with Gasteiger partial charge >= 0.3 is 0 Å². The zero-order valence-electron chi connectivity index (χ0n) is 22.5. The number of nitriles is 2. The Hall–Kier alpha value is -6.10. The lowest BCUT2D eigenvalue weighted by atomic mass is 9.92. The Kier molecular flexibility index (Phi) is 5.22. The van der Waals surface area contributed by atoms with Crippen LogP contribution >= 0.6 is 0 Å². The molecule has 0 bridgehead atoms. The summed E-state index contributed by atoms with van der Waals surface area (Å²) in [4.78, 5) is 0. The molecule has 0 aliphatic rings. The maximum atomic E-state index is 9.97. The van der Waals surface area contributed by atoms with Gasteiger partial charge in [0.15, 0.2) is 0 Å². The summed E-state index contributed by atoms with van der Waals surface area (Å²) in [6.07, 6.45) is 0. The fourth-order valence-electron chi connectivity index (χ4n) is 6.49. The van der Waals surface area contributed by atoms with Gasteiger partial charge in [0.1, 0.15) is 0 Å². The van der Waals surface area contributed by atoms with Crippen LogP contribution in [0.3, 0.4) is 0 Å². The number of benzene rings is 6. The van der Waals surface area contributed by atoms with Crippen molar-refractivity contribution < 1.29 is 0 Å². The van der Waals surface area contributed by atoms with E-state index in [2.05, 4.69) is 112 Å². The van der Waals surface area contributed by atoms with Gasteiger partial charge in [-0.3, -0.25) is 0 Å². The van der Waals surface area contributed by atoms with Crippen molar-refractivity contribution in [1.29, 1.82) is 10.5 Å². The summed E-state index contributed by atoms with van der Waals surface area (Å²) in [7, 11) is 0. The summed E-state index contributed by atoms with van der Waals surface area (Å²) >= 11 is 0. The first-order valence-electron chi connectivity index (χ1n) is 13.8. The maximum absolute atomic E-state index is 9.97. The Balaban J connectivity index is 1.46. The molecule has 0 atom stereocenters. The standard InChI is InChI=1S/C38H22N4/c39-23-25-10-8-11-26(24-40)37(25)31-16-9-19-36-38(31)30-15-5-7-18-34(30)42(36)28-20-21-35-32(22-28)29-14-4-6-17-33(29)41(35)27-12-2-1-3-13-27/h1-22H. The predicted molar refractivity (Wildman–Crippen MR) is 170 cm³/mol. The van der Waals surface area contributed by atoms with Crippen molar-refractivity contribution >= 4 is 43.6 Å². The van der Waals surface area contributed by atoms with Crippen LogP contribution in [0.4, 0.5) is 0 Å². The number of aromatic nitrogens is 2. The van der Waals surface area contributed by atoms with Gasteiger partial charge in [-0.15, -0.1) is 0 Å². The number of fused-ring (bicyclic) bond motifs is 6. The minimum absolute atomic E-state index is 0.494. The van der Waals surface area contributed by atoms with Crippen LogP contribution in [0, 0.1) is 22.7 Å². The first-order chi connectivity index (χ1) is 20.8. The van der Waals surface area contributed by atoms with Crippen molar-refractivity contribution in [1.82, 2.24) is 9.13 Å². The Bertz CT molecular complexity index is 2400. The molecule has 0 aliphatic carbocycles. The zero-order chi connectivity index (χ0) is 28.2. The molecule has 2 heterocycles. The second-order valence-corrected chi connectivity index (χ2v) is 10.4. The fraction of sp³-hybridized carbons (Fsp3) is 0. The molecule has 0 radical (unpaired) electrons. The molecule has 4 heteroatoms. The number of hydrogen-bond donors (Lipinski definition) is 0. The first kappa shape index (κ1) is 23.8. The van der Waals surface area contributed by atoms with Crippen molar-refractivity contribution in [3.63, 3.8) is 0 Å². The lowest BCUT2D eigenvalue weighted by molar-refractivity contribution is 1.17. The van der Waals surface area contributed by atoms with Gasteiger partial charge in [-0.05, 0) is 66.2 Å². The third kappa shape index (κ3) is 3.33. The molecule has 2 aromatic heterocycles. The number of hydrogen-bond acceptors (Lipinski definition) is 2. The summed E-state index contributed by atoms with van der Waals surface area (Å²) in [5.74, 6) is 0. The average Bonchev–Trinajstić information content (AvgIpc) is 3.57. The van der Waals surface area contributed by atoms with Gasteiger partial charge in [-0.1, -0.05) is 72.8 Å². The second-order valence-electron chi connectivity index (χ2n) is 10.4. The molecule has 0 unspecified atom stereocenters. The smallest absolute Gasteiger partial charge is 0.0998 e. The van der Waals surface area contributed by atoms with Crippen molar-refractivity contribution in [2.24, 2.45) is 0 Å². The third-order valence-electron chi connectivity index (χ3n) is 8.20. The minimum atomic E-state index is 0.494. The molecule has 8 rings (SSSR count). The van der Waals surface area contributed by atoms with Crippen LogP contribution < -0.4 is 0 Å². The van der Waals surface area contributed by atoms with Crippen molar-refractivity contribution in [3.8, 4) is 34.6 Å². The number of rotatable bonds is 3. The molecular formula is C38H22N4. The van der Waals surface area contributed by atoms with Gasteiger partial charge in [0.2, 0.25) is 0 Å². The highest BCUT2D eigenvalue weighted by atomic mass is 15.0. The van der Waals surface area contributed by atoms with Crippen molar-refractivity contribution in [3.05, 3.63) is 145 Å². The van der Waals surface area contributed by atoms with Crippen molar-refractivity contribution in [2.75, 3.05) is 0 Å². The van der Waals surface area contributed by atoms with E-state index in [1.54, 1.807) is 18.2 Å².